The van der Waals surface area contributed by atoms with Crippen LogP contribution in [0.1, 0.15) is 25.0 Å². The topological polar surface area (TPSA) is 50.4 Å². The lowest BCUT2D eigenvalue weighted by molar-refractivity contribution is 0.242. The molecule has 2 N–H and O–H groups in total. The van der Waals surface area contributed by atoms with E-state index in [4.69, 9.17) is 4.74 Å². The summed E-state index contributed by atoms with van der Waals surface area (Å²) in [5, 5.41) is 5.23. The summed E-state index contributed by atoms with van der Waals surface area (Å²) in [4.78, 5) is 11.6. The van der Waals surface area contributed by atoms with E-state index in [-0.39, 0.29) is 18.0 Å². The first-order chi connectivity index (χ1) is 11.5. The smallest absolute Gasteiger partial charge is 0.319 e. The Morgan fingerprint density at radius 2 is 1.83 bits per heavy atom. The molecule has 0 atom stereocenters. The van der Waals surface area contributed by atoms with Gasteiger partial charge in [0.1, 0.15) is 11.6 Å². The van der Waals surface area contributed by atoms with Gasteiger partial charge in [-0.25, -0.2) is 9.18 Å². The van der Waals surface area contributed by atoms with Crippen molar-refractivity contribution in [3.8, 4) is 17.6 Å². The van der Waals surface area contributed by atoms with Crippen LogP contribution in [-0.4, -0.2) is 19.2 Å². The highest BCUT2D eigenvalue weighted by molar-refractivity contribution is 5.91. The van der Waals surface area contributed by atoms with Gasteiger partial charge < -0.3 is 15.4 Å². The number of amides is 2. The average Bonchev–Trinajstić information content (AvgIpc) is 2.55. The van der Waals surface area contributed by atoms with Crippen molar-refractivity contribution >= 4 is 11.7 Å². The molecule has 0 spiro atoms. The Bertz CT molecular complexity index is 774. The first-order valence-electron chi connectivity index (χ1n) is 7.55. The van der Waals surface area contributed by atoms with E-state index in [1.807, 2.05) is 13.8 Å². The van der Waals surface area contributed by atoms with Crippen LogP contribution >= 0.6 is 0 Å². The van der Waals surface area contributed by atoms with Gasteiger partial charge in [-0.1, -0.05) is 11.8 Å². The first kappa shape index (κ1) is 17.4. The molecular weight excluding hydrogens is 307 g/mol. The van der Waals surface area contributed by atoms with Crippen LogP contribution in [0.25, 0.3) is 0 Å². The summed E-state index contributed by atoms with van der Waals surface area (Å²) in [6, 6.07) is 10.9. The van der Waals surface area contributed by atoms with Gasteiger partial charge in [-0.3, -0.25) is 0 Å². The molecule has 4 nitrogen and oxygen atoms in total. The number of hydrogen-bond donors (Lipinski definition) is 2. The second kappa shape index (κ2) is 8.02. The maximum Gasteiger partial charge on any atom is 0.319 e. The van der Waals surface area contributed by atoms with E-state index in [2.05, 4.69) is 22.5 Å². The maximum absolute atomic E-state index is 12.9. The second-order valence-electron chi connectivity index (χ2n) is 5.34. The van der Waals surface area contributed by atoms with E-state index >= 15 is 0 Å². The van der Waals surface area contributed by atoms with Crippen molar-refractivity contribution < 1.29 is 13.9 Å². The summed E-state index contributed by atoms with van der Waals surface area (Å²) in [5.41, 5.74) is 1.87. The van der Waals surface area contributed by atoms with Gasteiger partial charge in [0.15, 0.2) is 0 Å². The minimum Gasteiger partial charge on any atom is -0.491 e. The molecule has 0 aliphatic carbocycles. The molecule has 2 amide bonds. The number of urea groups is 1. The molecule has 0 heterocycles. The lowest BCUT2D eigenvalue weighted by Crippen LogP contribution is -2.25. The number of carbonyl (C=O) groups is 1. The average molecular weight is 326 g/mol. The highest BCUT2D eigenvalue weighted by atomic mass is 19.1. The minimum atomic E-state index is -0.346. The Kier molecular flexibility index (Phi) is 5.80. The highest BCUT2D eigenvalue weighted by Crippen LogP contribution is 2.23. The fourth-order valence-electron chi connectivity index (χ4n) is 1.94. The van der Waals surface area contributed by atoms with Crippen molar-refractivity contribution in [1.82, 2.24) is 5.32 Å². The summed E-state index contributed by atoms with van der Waals surface area (Å²) in [6.45, 7) is 3.85. The van der Waals surface area contributed by atoms with Gasteiger partial charge in [0.25, 0.3) is 0 Å². The van der Waals surface area contributed by atoms with Gasteiger partial charge >= 0.3 is 6.03 Å². The van der Waals surface area contributed by atoms with Crippen LogP contribution in [0.2, 0.25) is 0 Å². The molecule has 0 bridgehead atoms. The van der Waals surface area contributed by atoms with Gasteiger partial charge in [-0.05, 0) is 50.2 Å². The molecule has 0 saturated carbocycles. The number of rotatable bonds is 3. The van der Waals surface area contributed by atoms with Crippen molar-refractivity contribution in [3.05, 3.63) is 59.4 Å². The predicted octanol–water partition coefficient (Wildman–Crippen LogP) is 3.76. The zero-order valence-electron chi connectivity index (χ0n) is 13.8. The van der Waals surface area contributed by atoms with Crippen LogP contribution in [0.15, 0.2) is 42.5 Å². The van der Waals surface area contributed by atoms with Crippen molar-refractivity contribution in [2.24, 2.45) is 0 Å². The SMILES string of the molecule is CNC(=O)Nc1cc(OC(C)C)ccc1C#Cc1ccc(F)cc1. The van der Waals surface area contributed by atoms with Crippen LogP contribution in [0.4, 0.5) is 14.9 Å². The van der Waals surface area contributed by atoms with Crippen LogP contribution in [0.5, 0.6) is 5.75 Å². The number of hydrogen-bond acceptors (Lipinski definition) is 2. The Hall–Kier alpha value is -3.00. The van der Waals surface area contributed by atoms with Crippen LogP contribution in [-0.2, 0) is 0 Å². The summed E-state index contributed by atoms with van der Waals surface area (Å²) in [5.74, 6) is 6.27. The second-order valence-corrected chi connectivity index (χ2v) is 5.34. The fraction of sp³-hybridized carbons (Fsp3) is 0.211. The van der Waals surface area contributed by atoms with Crippen molar-refractivity contribution in [1.29, 1.82) is 0 Å². The minimum absolute atomic E-state index is 0.0222. The summed E-state index contributed by atoms with van der Waals surface area (Å²) >= 11 is 0. The quantitative estimate of drug-likeness (QED) is 0.844. The number of nitrogens with one attached hydrogen (secondary N) is 2. The number of anilines is 1. The van der Waals surface area contributed by atoms with Gasteiger partial charge in [0.05, 0.1) is 11.8 Å². The summed E-state index contributed by atoms with van der Waals surface area (Å²) in [7, 11) is 1.54. The molecule has 2 aromatic rings. The zero-order chi connectivity index (χ0) is 17.5. The Morgan fingerprint density at radius 3 is 2.46 bits per heavy atom. The zero-order valence-corrected chi connectivity index (χ0v) is 13.8. The summed E-state index contributed by atoms with van der Waals surface area (Å²) < 4.78 is 18.6. The molecular formula is C19H19FN2O2. The molecule has 0 aliphatic heterocycles. The van der Waals surface area contributed by atoms with Crippen molar-refractivity contribution in [3.63, 3.8) is 0 Å². The lowest BCUT2D eigenvalue weighted by Gasteiger charge is -2.13. The molecule has 0 aliphatic rings. The molecule has 0 saturated heterocycles. The van der Waals surface area contributed by atoms with E-state index in [1.165, 1.54) is 19.2 Å². The van der Waals surface area contributed by atoms with Gasteiger partial charge in [-0.15, -0.1) is 0 Å². The van der Waals surface area contributed by atoms with Crippen LogP contribution in [0.3, 0.4) is 0 Å². The van der Waals surface area contributed by atoms with Gasteiger partial charge in [0, 0.05) is 24.2 Å². The molecule has 0 aromatic heterocycles. The Morgan fingerprint density at radius 1 is 1.12 bits per heavy atom. The largest absolute Gasteiger partial charge is 0.491 e. The number of carbonyl (C=O) groups excluding carboxylic acids is 1. The molecule has 124 valence electrons. The lowest BCUT2D eigenvalue weighted by atomic mass is 10.1. The standard InChI is InChI=1S/C19H19FN2O2/c1-13(2)24-17-11-8-15(18(12-17)22-19(23)21-3)7-4-14-5-9-16(20)10-6-14/h5-6,8-13H,1-3H3,(H2,21,22,23). The molecule has 0 unspecified atom stereocenters. The van der Waals surface area contributed by atoms with E-state index in [1.54, 1.807) is 30.3 Å². The van der Waals surface area contributed by atoms with E-state index in [9.17, 15) is 9.18 Å². The predicted molar refractivity (Wildman–Crippen MR) is 92.7 cm³/mol. The molecule has 0 fully saturated rings. The number of benzene rings is 2. The molecule has 24 heavy (non-hydrogen) atoms. The molecule has 0 radical (unpaired) electrons. The van der Waals surface area contributed by atoms with Crippen LogP contribution < -0.4 is 15.4 Å². The fourth-order valence-corrected chi connectivity index (χ4v) is 1.94. The molecule has 2 rings (SSSR count). The first-order valence-corrected chi connectivity index (χ1v) is 7.55. The molecule has 5 heteroatoms. The maximum atomic E-state index is 12.9. The number of halogens is 1. The van der Waals surface area contributed by atoms with E-state index < -0.39 is 0 Å². The number of ether oxygens (including phenoxy) is 1. The van der Waals surface area contributed by atoms with E-state index in [0.717, 1.165) is 0 Å². The van der Waals surface area contributed by atoms with Gasteiger partial charge in [0.2, 0.25) is 0 Å². The Balaban J connectivity index is 2.33. The van der Waals surface area contributed by atoms with Crippen LogP contribution in [0, 0.1) is 17.7 Å². The third kappa shape index (κ3) is 5.03. The Labute approximate surface area is 141 Å². The highest BCUT2D eigenvalue weighted by Gasteiger charge is 2.07. The molecule has 2 aromatic carbocycles. The third-order valence-electron chi connectivity index (χ3n) is 3.02. The van der Waals surface area contributed by atoms with Crippen molar-refractivity contribution in [2.45, 2.75) is 20.0 Å². The van der Waals surface area contributed by atoms with E-state index in [0.29, 0.717) is 22.6 Å². The third-order valence-corrected chi connectivity index (χ3v) is 3.02. The van der Waals surface area contributed by atoms with Crippen molar-refractivity contribution in [2.75, 3.05) is 12.4 Å². The summed E-state index contributed by atoms with van der Waals surface area (Å²) in [6.07, 6.45) is 0.0222. The van der Waals surface area contributed by atoms with Gasteiger partial charge in [-0.2, -0.15) is 0 Å². The monoisotopic (exact) mass is 326 g/mol. The normalized spacial score (nSPS) is 9.88.